The van der Waals surface area contributed by atoms with Crippen LogP contribution in [0.3, 0.4) is 0 Å². The van der Waals surface area contributed by atoms with Gasteiger partial charge in [-0.1, -0.05) is 48.0 Å². The summed E-state index contributed by atoms with van der Waals surface area (Å²) in [6.45, 7) is 4.35. The van der Waals surface area contributed by atoms with Crippen LogP contribution in [-0.4, -0.2) is 9.55 Å². The lowest BCUT2D eigenvalue weighted by atomic mass is 10.0. The van der Waals surface area contributed by atoms with Crippen molar-refractivity contribution in [1.82, 2.24) is 9.55 Å². The molecule has 1 N–H and O–H groups in total. The Bertz CT molecular complexity index is 1510. The van der Waals surface area contributed by atoms with E-state index >= 15 is 0 Å². The number of H-pyrrole nitrogens is 1. The molecule has 0 aliphatic rings. The van der Waals surface area contributed by atoms with Crippen molar-refractivity contribution in [2.75, 3.05) is 0 Å². The minimum Gasteiger partial charge on any atom is -0.354 e. The Morgan fingerprint density at radius 2 is 1.39 bits per heavy atom. The van der Waals surface area contributed by atoms with Crippen molar-refractivity contribution in [3.05, 3.63) is 90.0 Å². The Labute approximate surface area is 163 Å². The van der Waals surface area contributed by atoms with Gasteiger partial charge in [0.15, 0.2) is 0 Å². The van der Waals surface area contributed by atoms with E-state index in [-0.39, 0.29) is 0 Å². The lowest BCUT2D eigenvalue weighted by Gasteiger charge is -2.08. The molecule has 0 saturated heterocycles. The summed E-state index contributed by atoms with van der Waals surface area (Å²) in [6.07, 6.45) is 0. The maximum Gasteiger partial charge on any atom is 0.0548 e. The molecule has 0 aliphatic heterocycles. The molecule has 0 fully saturated rings. The predicted octanol–water partition coefficient (Wildman–Crippen LogP) is 7.04. The predicted molar refractivity (Wildman–Crippen MR) is 120 cm³/mol. The molecule has 4 aromatic carbocycles. The highest BCUT2D eigenvalue weighted by molar-refractivity contribution is 6.28. The molecule has 0 spiro atoms. The fourth-order valence-corrected chi connectivity index (χ4v) is 4.64. The number of hydrogen-bond acceptors (Lipinski definition) is 0. The molecule has 134 valence electrons. The molecule has 6 rings (SSSR count). The number of aryl methyl sites for hydroxylation is 2. The number of nitrogens with zero attached hydrogens (tertiary/aromatic N) is 1. The van der Waals surface area contributed by atoms with E-state index in [0.29, 0.717) is 0 Å². The normalized spacial score (nSPS) is 11.9. The molecule has 0 saturated carbocycles. The molecule has 2 heterocycles. The van der Waals surface area contributed by atoms with E-state index in [1.807, 2.05) is 0 Å². The van der Waals surface area contributed by atoms with Gasteiger partial charge in [0.1, 0.15) is 0 Å². The molecule has 2 heteroatoms. The summed E-state index contributed by atoms with van der Waals surface area (Å²) in [5.74, 6) is 0. The summed E-state index contributed by atoms with van der Waals surface area (Å²) in [5, 5.41) is 5.28. The first kappa shape index (κ1) is 15.5. The van der Waals surface area contributed by atoms with E-state index in [1.54, 1.807) is 0 Å². The molecule has 2 nitrogen and oxygen atoms in total. The average Bonchev–Trinajstić information content (AvgIpc) is 3.25. The molecule has 0 bridgehead atoms. The first-order valence-corrected chi connectivity index (χ1v) is 9.72. The van der Waals surface area contributed by atoms with Crippen LogP contribution >= 0.6 is 0 Å². The van der Waals surface area contributed by atoms with Gasteiger partial charge >= 0.3 is 0 Å². The number of rotatable bonds is 1. The van der Waals surface area contributed by atoms with Gasteiger partial charge in [-0.2, -0.15) is 0 Å². The van der Waals surface area contributed by atoms with E-state index < -0.39 is 0 Å². The maximum atomic E-state index is 3.60. The van der Waals surface area contributed by atoms with Crippen molar-refractivity contribution in [3.63, 3.8) is 0 Å². The molecule has 0 amide bonds. The SMILES string of the molecule is Cc1ccc(-n2c3cccc(C)c3c3c4c(ccc32)[nH]c2ccccc24)cc1. The van der Waals surface area contributed by atoms with Crippen molar-refractivity contribution < 1.29 is 0 Å². The van der Waals surface area contributed by atoms with Gasteiger partial charge in [0.05, 0.1) is 11.0 Å². The molecule has 0 radical (unpaired) electrons. The zero-order chi connectivity index (χ0) is 18.8. The first-order valence-electron chi connectivity index (χ1n) is 9.72. The molecular formula is C26H20N2. The summed E-state index contributed by atoms with van der Waals surface area (Å²) in [5.41, 5.74) is 8.69. The second-order valence-corrected chi connectivity index (χ2v) is 7.69. The minimum atomic E-state index is 1.19. The van der Waals surface area contributed by atoms with Crippen molar-refractivity contribution in [2.45, 2.75) is 13.8 Å². The summed E-state index contributed by atoms with van der Waals surface area (Å²) in [4.78, 5) is 3.60. The zero-order valence-electron chi connectivity index (χ0n) is 16.0. The highest BCUT2D eigenvalue weighted by Crippen LogP contribution is 2.40. The lowest BCUT2D eigenvalue weighted by molar-refractivity contribution is 1.17. The van der Waals surface area contributed by atoms with Crippen LogP contribution in [0.25, 0.3) is 49.3 Å². The van der Waals surface area contributed by atoms with E-state index in [9.17, 15) is 0 Å². The van der Waals surface area contributed by atoms with Crippen molar-refractivity contribution >= 4 is 43.6 Å². The fourth-order valence-electron chi connectivity index (χ4n) is 4.64. The van der Waals surface area contributed by atoms with E-state index in [0.717, 1.165) is 0 Å². The van der Waals surface area contributed by atoms with Gasteiger partial charge in [0.2, 0.25) is 0 Å². The molecule has 0 aliphatic carbocycles. The minimum absolute atomic E-state index is 1.19. The topological polar surface area (TPSA) is 20.7 Å². The number of fused-ring (bicyclic) bond motifs is 7. The van der Waals surface area contributed by atoms with Gasteiger partial charge in [-0.25, -0.2) is 0 Å². The summed E-state index contributed by atoms with van der Waals surface area (Å²) < 4.78 is 2.40. The Hall–Kier alpha value is -3.52. The third-order valence-electron chi connectivity index (χ3n) is 5.92. The van der Waals surface area contributed by atoms with Crippen LogP contribution in [-0.2, 0) is 0 Å². The second-order valence-electron chi connectivity index (χ2n) is 7.69. The molecule has 0 unspecified atom stereocenters. The monoisotopic (exact) mass is 360 g/mol. The van der Waals surface area contributed by atoms with Gasteiger partial charge in [0.25, 0.3) is 0 Å². The summed E-state index contributed by atoms with van der Waals surface area (Å²) >= 11 is 0. The smallest absolute Gasteiger partial charge is 0.0548 e. The Balaban J connectivity index is 1.91. The number of aromatic amines is 1. The number of aromatic nitrogens is 2. The van der Waals surface area contributed by atoms with Gasteiger partial charge in [-0.15, -0.1) is 0 Å². The molecule has 0 atom stereocenters. The van der Waals surface area contributed by atoms with Crippen LogP contribution < -0.4 is 0 Å². The molecule has 28 heavy (non-hydrogen) atoms. The van der Waals surface area contributed by atoms with Gasteiger partial charge in [0, 0.05) is 38.3 Å². The number of nitrogens with one attached hydrogen (secondary N) is 1. The lowest BCUT2D eigenvalue weighted by Crippen LogP contribution is -1.93. The van der Waals surface area contributed by atoms with Crippen molar-refractivity contribution in [3.8, 4) is 5.69 Å². The van der Waals surface area contributed by atoms with Crippen LogP contribution in [0, 0.1) is 13.8 Å². The van der Waals surface area contributed by atoms with Crippen LogP contribution in [0.1, 0.15) is 11.1 Å². The first-order chi connectivity index (χ1) is 13.7. The largest absolute Gasteiger partial charge is 0.354 e. The van der Waals surface area contributed by atoms with Gasteiger partial charge < -0.3 is 9.55 Å². The van der Waals surface area contributed by atoms with Crippen LogP contribution in [0.4, 0.5) is 0 Å². The van der Waals surface area contributed by atoms with E-state index in [1.165, 1.54) is 60.4 Å². The third-order valence-corrected chi connectivity index (χ3v) is 5.92. The zero-order valence-corrected chi connectivity index (χ0v) is 16.0. The highest BCUT2D eigenvalue weighted by Gasteiger charge is 2.18. The van der Waals surface area contributed by atoms with Crippen molar-refractivity contribution in [1.29, 1.82) is 0 Å². The Morgan fingerprint density at radius 1 is 0.607 bits per heavy atom. The van der Waals surface area contributed by atoms with Gasteiger partial charge in [-0.3, -0.25) is 0 Å². The van der Waals surface area contributed by atoms with E-state index in [2.05, 4.69) is 102 Å². The second kappa shape index (κ2) is 5.49. The van der Waals surface area contributed by atoms with Crippen molar-refractivity contribution in [2.24, 2.45) is 0 Å². The number of hydrogen-bond donors (Lipinski definition) is 1. The number of para-hydroxylation sites is 1. The molecular weight excluding hydrogens is 340 g/mol. The molecule has 2 aromatic heterocycles. The quantitative estimate of drug-likeness (QED) is 0.325. The maximum absolute atomic E-state index is 3.60. The average molecular weight is 360 g/mol. The molecule has 6 aromatic rings. The van der Waals surface area contributed by atoms with E-state index in [4.69, 9.17) is 0 Å². The Morgan fingerprint density at radius 3 is 2.25 bits per heavy atom. The van der Waals surface area contributed by atoms with Crippen LogP contribution in [0.15, 0.2) is 78.9 Å². The number of benzene rings is 4. The highest BCUT2D eigenvalue weighted by atomic mass is 15.0. The van der Waals surface area contributed by atoms with Gasteiger partial charge in [-0.05, 0) is 55.8 Å². The third kappa shape index (κ3) is 1.97. The van der Waals surface area contributed by atoms with Crippen LogP contribution in [0.5, 0.6) is 0 Å². The standard InChI is InChI=1S/C26H20N2/c1-16-10-12-18(13-11-16)28-22-9-5-6-17(2)24(22)26-23(28)15-14-21-25(26)19-7-3-4-8-20(19)27-21/h3-15,27H,1-2H3. The summed E-state index contributed by atoms with van der Waals surface area (Å²) in [7, 11) is 0. The Kier molecular flexibility index (Phi) is 3.05. The van der Waals surface area contributed by atoms with Crippen LogP contribution in [0.2, 0.25) is 0 Å². The fraction of sp³-hybridized carbons (Fsp3) is 0.0769. The summed E-state index contributed by atoms with van der Waals surface area (Å²) in [6, 6.07) is 28.5.